The van der Waals surface area contributed by atoms with Crippen LogP contribution in [0.15, 0.2) is 42.9 Å². The minimum Gasteiger partial charge on any atom is -0.384 e. The Morgan fingerprint density at radius 1 is 1.22 bits per heavy atom. The second-order valence-corrected chi connectivity index (χ2v) is 9.95. The zero-order valence-electron chi connectivity index (χ0n) is 19.4. The molecule has 0 radical (unpaired) electrons. The summed E-state index contributed by atoms with van der Waals surface area (Å²) < 4.78 is 16.7. The minimum absolute atomic E-state index is 0.0427. The SMILES string of the molecule is CC1C[C@@H](c2ncc(-c3ccc(N)nc3Cl)[nH]2)N2C(=O)C=C(c3c(-n4cnnn4)ccc(Cl)c3F)CC12. The zero-order valence-corrected chi connectivity index (χ0v) is 20.9. The van der Waals surface area contributed by atoms with Crippen LogP contribution >= 0.6 is 23.2 Å². The van der Waals surface area contributed by atoms with Crippen LogP contribution in [-0.4, -0.2) is 52.0 Å². The van der Waals surface area contributed by atoms with Gasteiger partial charge in [-0.1, -0.05) is 30.1 Å². The fraction of sp³-hybridized carbons (Fsp3) is 0.250. The molecule has 13 heteroatoms. The number of H-pyrrole nitrogens is 1. The largest absolute Gasteiger partial charge is 0.384 e. The first-order chi connectivity index (χ1) is 17.8. The lowest BCUT2D eigenvalue weighted by atomic mass is 9.88. The number of hydrogen-bond donors (Lipinski definition) is 2. The molecule has 1 aromatic carbocycles. The summed E-state index contributed by atoms with van der Waals surface area (Å²) in [6, 6.07) is 6.08. The molecule has 0 aliphatic carbocycles. The number of carbonyl (C=O) groups is 1. The summed E-state index contributed by atoms with van der Waals surface area (Å²) in [5, 5.41) is 11.4. The molecule has 0 saturated carbocycles. The van der Waals surface area contributed by atoms with E-state index < -0.39 is 5.82 Å². The Labute approximate surface area is 220 Å². The molecule has 3 N–H and O–H groups in total. The molecule has 4 aromatic rings. The Kier molecular flexibility index (Phi) is 5.68. The number of nitrogen functional groups attached to an aromatic ring is 1. The number of carbonyl (C=O) groups excluding carboxylic acids is 1. The molecule has 5 heterocycles. The molecular formula is C24H20Cl2FN9O. The molecule has 0 spiro atoms. The van der Waals surface area contributed by atoms with Gasteiger partial charge in [0.2, 0.25) is 5.91 Å². The van der Waals surface area contributed by atoms with Gasteiger partial charge in [0.25, 0.3) is 0 Å². The number of imidazole rings is 1. The lowest BCUT2D eigenvalue weighted by molar-refractivity contribution is -0.129. The first-order valence-electron chi connectivity index (χ1n) is 11.5. The number of anilines is 1. The van der Waals surface area contributed by atoms with Gasteiger partial charge in [-0.25, -0.2) is 14.4 Å². The maximum atomic E-state index is 15.4. The number of amides is 1. The van der Waals surface area contributed by atoms with Crippen molar-refractivity contribution in [1.82, 2.24) is 40.1 Å². The van der Waals surface area contributed by atoms with Crippen LogP contribution in [0.2, 0.25) is 10.2 Å². The van der Waals surface area contributed by atoms with Crippen molar-refractivity contribution >= 4 is 40.5 Å². The highest BCUT2D eigenvalue weighted by atomic mass is 35.5. The van der Waals surface area contributed by atoms with Crippen LogP contribution in [-0.2, 0) is 4.79 Å². The van der Waals surface area contributed by atoms with Gasteiger partial charge in [0.05, 0.1) is 28.6 Å². The Bertz CT molecular complexity index is 1550. The molecule has 3 atom stereocenters. The number of nitrogens with zero attached hydrogens (tertiary/aromatic N) is 7. The topological polar surface area (TPSA) is 132 Å². The van der Waals surface area contributed by atoms with Gasteiger partial charge in [0.1, 0.15) is 23.1 Å². The number of fused-ring (bicyclic) bond motifs is 1. The number of hydrogen-bond acceptors (Lipinski definition) is 7. The van der Waals surface area contributed by atoms with Gasteiger partial charge < -0.3 is 15.6 Å². The van der Waals surface area contributed by atoms with Crippen LogP contribution in [0.1, 0.15) is 37.2 Å². The number of nitrogens with one attached hydrogen (secondary N) is 1. The average Bonchev–Trinajstić information content (AvgIpc) is 3.62. The third-order valence-electron chi connectivity index (χ3n) is 6.99. The van der Waals surface area contributed by atoms with E-state index in [0.717, 1.165) is 0 Å². The summed E-state index contributed by atoms with van der Waals surface area (Å²) in [5.74, 6) is 0.251. The standard InChI is InChI=1S/C24H20Cl2FN9O/c1-11-6-18(24-29-9-15(31-24)13-2-5-19(28)32-23(13)26)36-17(11)7-12(8-20(36)37)21-16(35-10-30-33-34-35)4-3-14(25)22(21)27/h2-5,8-11,17-18H,6-7H2,1H3,(H2,28,32)(H,29,31)/t11?,17?,18-/m0/s1. The van der Waals surface area contributed by atoms with E-state index in [2.05, 4.69) is 37.4 Å². The minimum atomic E-state index is -0.617. The van der Waals surface area contributed by atoms with Crippen molar-refractivity contribution in [3.8, 4) is 16.9 Å². The van der Waals surface area contributed by atoms with Crippen LogP contribution in [0.5, 0.6) is 0 Å². The number of pyridine rings is 1. The third kappa shape index (κ3) is 3.94. The van der Waals surface area contributed by atoms with E-state index in [4.69, 9.17) is 28.9 Å². The summed E-state index contributed by atoms with van der Waals surface area (Å²) in [5.41, 5.74) is 8.22. The lowest BCUT2D eigenvalue weighted by Crippen LogP contribution is -2.41. The second kappa shape index (κ2) is 8.93. The average molecular weight is 540 g/mol. The van der Waals surface area contributed by atoms with Gasteiger partial charge in [-0.05, 0) is 59.0 Å². The summed E-state index contributed by atoms with van der Waals surface area (Å²) in [6.45, 7) is 2.08. The number of benzene rings is 1. The smallest absolute Gasteiger partial charge is 0.247 e. The molecule has 188 valence electrons. The van der Waals surface area contributed by atoms with Gasteiger partial charge in [0, 0.05) is 23.2 Å². The van der Waals surface area contributed by atoms with Crippen LogP contribution in [0.4, 0.5) is 10.2 Å². The fourth-order valence-corrected chi connectivity index (χ4v) is 5.69. The molecular weight excluding hydrogens is 520 g/mol. The molecule has 10 nitrogen and oxygen atoms in total. The van der Waals surface area contributed by atoms with Crippen LogP contribution in [0.3, 0.4) is 0 Å². The molecule has 1 amide bonds. The number of aromatic nitrogens is 7. The molecule has 37 heavy (non-hydrogen) atoms. The molecule has 1 saturated heterocycles. The van der Waals surface area contributed by atoms with Gasteiger partial charge in [-0.15, -0.1) is 5.10 Å². The molecule has 1 fully saturated rings. The number of halogens is 3. The Balaban J connectivity index is 1.36. The zero-order chi connectivity index (χ0) is 25.8. The lowest BCUT2D eigenvalue weighted by Gasteiger charge is -2.34. The summed E-state index contributed by atoms with van der Waals surface area (Å²) in [4.78, 5) is 27.3. The van der Waals surface area contributed by atoms with E-state index in [1.165, 1.54) is 23.2 Å². The van der Waals surface area contributed by atoms with E-state index in [9.17, 15) is 4.79 Å². The predicted molar refractivity (Wildman–Crippen MR) is 135 cm³/mol. The maximum Gasteiger partial charge on any atom is 0.247 e. The molecule has 3 aromatic heterocycles. The van der Waals surface area contributed by atoms with Gasteiger partial charge in [0.15, 0.2) is 5.82 Å². The van der Waals surface area contributed by atoms with E-state index in [1.54, 1.807) is 24.4 Å². The van der Waals surface area contributed by atoms with Gasteiger partial charge in [-0.3, -0.25) is 4.79 Å². The highest BCUT2D eigenvalue weighted by Crippen LogP contribution is 2.46. The summed E-state index contributed by atoms with van der Waals surface area (Å²) >= 11 is 12.4. The molecule has 6 rings (SSSR count). The van der Waals surface area contributed by atoms with Gasteiger partial charge >= 0.3 is 0 Å². The first kappa shape index (κ1) is 23.6. The molecule has 0 bridgehead atoms. The quantitative estimate of drug-likeness (QED) is 0.370. The number of rotatable bonds is 4. The monoisotopic (exact) mass is 539 g/mol. The van der Waals surface area contributed by atoms with Gasteiger partial charge in [-0.2, -0.15) is 4.68 Å². The van der Waals surface area contributed by atoms with Crippen molar-refractivity contribution in [2.75, 3.05) is 5.73 Å². The van der Waals surface area contributed by atoms with Crippen molar-refractivity contribution in [2.24, 2.45) is 5.92 Å². The highest BCUT2D eigenvalue weighted by molar-refractivity contribution is 6.32. The summed E-state index contributed by atoms with van der Waals surface area (Å²) in [7, 11) is 0. The Hall–Kier alpha value is -3.83. The predicted octanol–water partition coefficient (Wildman–Crippen LogP) is 4.24. The number of nitrogens with two attached hydrogens (primary N) is 1. The number of tetrazole rings is 1. The van der Waals surface area contributed by atoms with Crippen molar-refractivity contribution in [1.29, 1.82) is 0 Å². The fourth-order valence-electron chi connectivity index (χ4n) is 5.27. The van der Waals surface area contributed by atoms with Crippen molar-refractivity contribution in [3.63, 3.8) is 0 Å². The van der Waals surface area contributed by atoms with Crippen LogP contribution in [0, 0.1) is 11.7 Å². The highest BCUT2D eigenvalue weighted by Gasteiger charge is 2.46. The third-order valence-corrected chi connectivity index (χ3v) is 7.57. The van der Waals surface area contributed by atoms with Crippen molar-refractivity contribution in [2.45, 2.75) is 31.8 Å². The molecule has 2 aliphatic heterocycles. The van der Waals surface area contributed by atoms with Crippen LogP contribution in [0.25, 0.3) is 22.5 Å². The normalized spacial score (nSPS) is 21.3. The number of aromatic amines is 1. The Morgan fingerprint density at radius 2 is 2.05 bits per heavy atom. The van der Waals surface area contributed by atoms with E-state index in [0.29, 0.717) is 47.0 Å². The maximum absolute atomic E-state index is 15.4. The van der Waals surface area contributed by atoms with Crippen molar-refractivity contribution < 1.29 is 9.18 Å². The first-order valence-corrected chi connectivity index (χ1v) is 12.3. The van der Waals surface area contributed by atoms with Crippen LogP contribution < -0.4 is 5.73 Å². The second-order valence-electron chi connectivity index (χ2n) is 9.18. The molecule has 2 unspecified atom stereocenters. The van der Waals surface area contributed by atoms with E-state index in [1.807, 2.05) is 4.90 Å². The molecule has 2 aliphatic rings. The van der Waals surface area contributed by atoms with E-state index in [-0.39, 0.29) is 39.6 Å². The van der Waals surface area contributed by atoms with Crippen molar-refractivity contribution in [3.05, 3.63) is 70.2 Å². The van der Waals surface area contributed by atoms with E-state index >= 15 is 4.39 Å². The summed E-state index contributed by atoms with van der Waals surface area (Å²) in [6.07, 6.45) is 5.64. The Morgan fingerprint density at radius 3 is 2.81 bits per heavy atom.